The van der Waals surface area contributed by atoms with Crippen LogP contribution in [0.4, 0.5) is 11.5 Å². The van der Waals surface area contributed by atoms with Crippen LogP contribution >= 0.6 is 0 Å². The lowest BCUT2D eigenvalue weighted by Crippen LogP contribution is -2.61. The fraction of sp³-hybridized carbons (Fsp3) is 0.500. The van der Waals surface area contributed by atoms with Gasteiger partial charge in [0.15, 0.2) is 6.20 Å². The van der Waals surface area contributed by atoms with E-state index in [1.54, 1.807) is 13.2 Å². The van der Waals surface area contributed by atoms with Gasteiger partial charge in [0.1, 0.15) is 0 Å². The van der Waals surface area contributed by atoms with Gasteiger partial charge in [0.2, 0.25) is 0 Å². The van der Waals surface area contributed by atoms with Gasteiger partial charge in [-0.05, 0) is 22.9 Å². The molecule has 0 radical (unpaired) electrons. The average Bonchev–Trinajstić information content (AvgIpc) is 2.25. The topological polar surface area (TPSA) is 68.5 Å². The second kappa shape index (κ2) is 3.71. The lowest BCUT2D eigenvalue weighted by Gasteiger charge is -2.47. The molecular weight excluding hydrogens is 210 g/mol. The summed E-state index contributed by atoms with van der Waals surface area (Å²) in [4.78, 5) is 15.8. The molecule has 1 aromatic rings. The van der Waals surface area contributed by atoms with Crippen LogP contribution in [0.15, 0.2) is 18.3 Å². The number of ether oxygens (including phenoxy) is 1. The summed E-state index contributed by atoms with van der Waals surface area (Å²) < 4.78 is 5.32. The molecule has 0 saturated carbocycles. The minimum atomic E-state index is -0.501. The molecule has 0 unspecified atom stereocenters. The van der Waals surface area contributed by atoms with Crippen LogP contribution in [-0.4, -0.2) is 35.7 Å². The first-order chi connectivity index (χ1) is 7.54. The maximum atomic E-state index is 10.4. The van der Waals surface area contributed by atoms with E-state index in [2.05, 4.69) is 9.88 Å². The molecule has 1 aliphatic heterocycles. The Labute approximate surface area is 93.0 Å². The van der Waals surface area contributed by atoms with Gasteiger partial charge < -0.3 is 19.8 Å². The number of methoxy groups -OCH3 is 1. The molecule has 0 aliphatic carbocycles. The van der Waals surface area contributed by atoms with Crippen LogP contribution in [0, 0.1) is 10.1 Å². The van der Waals surface area contributed by atoms with Gasteiger partial charge in [0, 0.05) is 26.3 Å². The molecule has 1 fully saturated rings. The van der Waals surface area contributed by atoms with Gasteiger partial charge in [-0.3, -0.25) is 0 Å². The van der Waals surface area contributed by atoms with Crippen molar-refractivity contribution >= 4 is 11.5 Å². The van der Waals surface area contributed by atoms with Crippen molar-refractivity contribution < 1.29 is 9.66 Å². The molecule has 0 bridgehead atoms. The molecule has 1 aliphatic rings. The smallest absolute Gasteiger partial charge is 0.363 e. The SMILES string of the molecule is COC1(C)CN(c2ccc([N+](=O)[O-])nc2)C1. The standard InChI is InChI=1S/C10H13N3O3/c1-10(16-2)6-12(7-10)8-3-4-9(11-5-8)13(14)15/h3-5H,6-7H2,1-2H3. The summed E-state index contributed by atoms with van der Waals surface area (Å²) in [5.41, 5.74) is 0.780. The van der Waals surface area contributed by atoms with Gasteiger partial charge in [0.05, 0.1) is 11.3 Å². The molecule has 2 rings (SSSR count). The van der Waals surface area contributed by atoms with Gasteiger partial charge >= 0.3 is 5.82 Å². The van der Waals surface area contributed by atoms with Gasteiger partial charge in [0.25, 0.3) is 0 Å². The molecule has 86 valence electrons. The second-order valence-corrected chi connectivity index (χ2v) is 4.14. The predicted octanol–water partition coefficient (Wildman–Crippen LogP) is 1.21. The summed E-state index contributed by atoms with van der Waals surface area (Å²) in [6, 6.07) is 3.12. The summed E-state index contributed by atoms with van der Waals surface area (Å²) >= 11 is 0. The van der Waals surface area contributed by atoms with Gasteiger partial charge in [-0.15, -0.1) is 0 Å². The van der Waals surface area contributed by atoms with Crippen LogP contribution in [0.1, 0.15) is 6.92 Å². The van der Waals surface area contributed by atoms with E-state index in [9.17, 15) is 10.1 Å². The first kappa shape index (κ1) is 10.8. The van der Waals surface area contributed by atoms with E-state index < -0.39 is 4.92 Å². The Balaban J connectivity index is 2.05. The molecule has 0 N–H and O–H groups in total. The average molecular weight is 223 g/mol. The summed E-state index contributed by atoms with van der Waals surface area (Å²) in [7, 11) is 1.69. The maximum Gasteiger partial charge on any atom is 0.363 e. The summed E-state index contributed by atoms with van der Waals surface area (Å²) in [6.45, 7) is 3.59. The number of nitrogens with zero attached hydrogens (tertiary/aromatic N) is 3. The molecule has 1 aromatic heterocycles. The summed E-state index contributed by atoms with van der Waals surface area (Å²) in [5, 5.41) is 10.4. The Kier molecular flexibility index (Phi) is 2.51. The van der Waals surface area contributed by atoms with Crippen LogP contribution in [0.25, 0.3) is 0 Å². The number of rotatable bonds is 3. The summed E-state index contributed by atoms with van der Waals surface area (Å²) in [6.07, 6.45) is 1.52. The third-order valence-corrected chi connectivity index (χ3v) is 2.83. The van der Waals surface area contributed by atoms with Crippen molar-refractivity contribution in [2.24, 2.45) is 0 Å². The highest BCUT2D eigenvalue weighted by Crippen LogP contribution is 2.29. The summed E-state index contributed by atoms with van der Waals surface area (Å²) in [5.74, 6) is -0.126. The minimum absolute atomic E-state index is 0.109. The Morgan fingerprint density at radius 3 is 2.69 bits per heavy atom. The van der Waals surface area contributed by atoms with Crippen LogP contribution in [-0.2, 0) is 4.74 Å². The van der Waals surface area contributed by atoms with Crippen molar-refractivity contribution in [2.45, 2.75) is 12.5 Å². The molecule has 2 heterocycles. The zero-order chi connectivity index (χ0) is 11.8. The van der Waals surface area contributed by atoms with E-state index in [4.69, 9.17) is 4.74 Å². The highest BCUT2D eigenvalue weighted by Gasteiger charge is 2.39. The monoisotopic (exact) mass is 223 g/mol. The second-order valence-electron chi connectivity index (χ2n) is 4.14. The lowest BCUT2D eigenvalue weighted by atomic mass is 9.96. The van der Waals surface area contributed by atoms with E-state index in [1.165, 1.54) is 12.3 Å². The number of hydrogen-bond acceptors (Lipinski definition) is 5. The van der Waals surface area contributed by atoms with E-state index in [1.807, 2.05) is 6.92 Å². The molecule has 6 heteroatoms. The Morgan fingerprint density at radius 2 is 2.25 bits per heavy atom. The molecule has 0 amide bonds. The number of aromatic nitrogens is 1. The molecule has 0 aromatic carbocycles. The van der Waals surface area contributed by atoms with Gasteiger partial charge in [-0.1, -0.05) is 0 Å². The maximum absolute atomic E-state index is 10.4. The number of anilines is 1. The third kappa shape index (κ3) is 1.83. The van der Waals surface area contributed by atoms with Crippen LogP contribution < -0.4 is 4.90 Å². The zero-order valence-electron chi connectivity index (χ0n) is 9.21. The predicted molar refractivity (Wildman–Crippen MR) is 58.5 cm³/mol. The van der Waals surface area contributed by atoms with Crippen molar-refractivity contribution in [1.29, 1.82) is 0 Å². The quantitative estimate of drug-likeness (QED) is 0.569. The normalized spacial score (nSPS) is 18.0. The first-order valence-corrected chi connectivity index (χ1v) is 4.95. The third-order valence-electron chi connectivity index (χ3n) is 2.83. The number of pyridine rings is 1. The van der Waals surface area contributed by atoms with Crippen molar-refractivity contribution in [2.75, 3.05) is 25.1 Å². The van der Waals surface area contributed by atoms with E-state index in [0.717, 1.165) is 18.8 Å². The molecule has 6 nitrogen and oxygen atoms in total. The van der Waals surface area contributed by atoms with Crippen LogP contribution in [0.2, 0.25) is 0 Å². The number of nitro groups is 1. The van der Waals surface area contributed by atoms with Crippen LogP contribution in [0.5, 0.6) is 0 Å². The fourth-order valence-electron chi connectivity index (χ4n) is 1.75. The number of hydrogen-bond donors (Lipinski definition) is 0. The largest absolute Gasteiger partial charge is 0.375 e. The van der Waals surface area contributed by atoms with Crippen LogP contribution in [0.3, 0.4) is 0 Å². The Hall–Kier alpha value is -1.69. The fourth-order valence-corrected chi connectivity index (χ4v) is 1.75. The Morgan fingerprint density at radius 1 is 1.56 bits per heavy atom. The molecule has 1 saturated heterocycles. The molecule has 0 atom stereocenters. The van der Waals surface area contributed by atoms with Crippen molar-refractivity contribution in [3.8, 4) is 0 Å². The highest BCUT2D eigenvalue weighted by atomic mass is 16.6. The Bertz CT molecular complexity index is 398. The van der Waals surface area contributed by atoms with E-state index in [0.29, 0.717) is 0 Å². The van der Waals surface area contributed by atoms with Crippen molar-refractivity contribution in [1.82, 2.24) is 4.98 Å². The lowest BCUT2D eigenvalue weighted by molar-refractivity contribution is -0.389. The molecule has 16 heavy (non-hydrogen) atoms. The van der Waals surface area contributed by atoms with E-state index in [-0.39, 0.29) is 11.4 Å². The van der Waals surface area contributed by atoms with Crippen molar-refractivity contribution in [3.05, 3.63) is 28.4 Å². The molecular formula is C10H13N3O3. The molecule has 0 spiro atoms. The van der Waals surface area contributed by atoms with Crippen molar-refractivity contribution in [3.63, 3.8) is 0 Å². The first-order valence-electron chi connectivity index (χ1n) is 4.95. The minimum Gasteiger partial charge on any atom is -0.375 e. The van der Waals surface area contributed by atoms with Gasteiger partial charge in [-0.2, -0.15) is 0 Å². The van der Waals surface area contributed by atoms with Gasteiger partial charge in [-0.25, -0.2) is 0 Å². The van der Waals surface area contributed by atoms with E-state index >= 15 is 0 Å². The highest BCUT2D eigenvalue weighted by molar-refractivity contribution is 5.50. The zero-order valence-corrected chi connectivity index (χ0v) is 9.21.